The smallest absolute Gasteiger partial charge is 0.336 e. The molecule has 1 unspecified atom stereocenters. The summed E-state index contributed by atoms with van der Waals surface area (Å²) in [6.07, 6.45) is 0. The van der Waals surface area contributed by atoms with Gasteiger partial charge in [-0.2, -0.15) is 0 Å². The summed E-state index contributed by atoms with van der Waals surface area (Å²) >= 11 is 0. The molecule has 1 saturated heterocycles. The largest absolute Gasteiger partial charge is 0.461 e. The van der Waals surface area contributed by atoms with Crippen molar-refractivity contribution in [2.75, 3.05) is 6.61 Å². The van der Waals surface area contributed by atoms with Crippen molar-refractivity contribution in [2.24, 2.45) is 5.73 Å². The molecule has 0 radical (unpaired) electrons. The Balaban J connectivity index is 2.06. The molecular formula is C18H17NO2. The number of carbonyl (C=O) groups is 1. The summed E-state index contributed by atoms with van der Waals surface area (Å²) in [6, 6.07) is 17.7. The second-order valence-electron chi connectivity index (χ2n) is 5.26. The van der Waals surface area contributed by atoms with E-state index in [1.54, 1.807) is 0 Å². The normalized spacial score (nSPS) is 20.2. The van der Waals surface area contributed by atoms with Gasteiger partial charge in [0.1, 0.15) is 6.61 Å². The molecule has 1 fully saturated rings. The molecule has 0 saturated carbocycles. The molecular weight excluding hydrogens is 262 g/mol. The van der Waals surface area contributed by atoms with Crippen LogP contribution in [-0.2, 0) is 9.53 Å². The molecule has 1 atom stereocenters. The van der Waals surface area contributed by atoms with E-state index in [0.29, 0.717) is 17.9 Å². The zero-order chi connectivity index (χ0) is 14.8. The first kappa shape index (κ1) is 13.4. The molecule has 21 heavy (non-hydrogen) atoms. The molecule has 3 nitrogen and oxygen atoms in total. The Bertz CT molecular complexity index is 687. The summed E-state index contributed by atoms with van der Waals surface area (Å²) in [6.45, 7) is 2.37. The van der Waals surface area contributed by atoms with Crippen LogP contribution in [0.5, 0.6) is 0 Å². The van der Waals surface area contributed by atoms with E-state index >= 15 is 0 Å². The number of aryl methyl sites for hydroxylation is 1. The van der Waals surface area contributed by atoms with Crippen LogP contribution in [0.15, 0.2) is 60.2 Å². The SMILES string of the molecule is Cc1ccc(/C(N)=C2\C(=O)OCC2c2ccccc2)cc1. The summed E-state index contributed by atoms with van der Waals surface area (Å²) in [7, 11) is 0. The number of cyclic esters (lactones) is 1. The fourth-order valence-electron chi connectivity index (χ4n) is 2.60. The van der Waals surface area contributed by atoms with Gasteiger partial charge in [0.15, 0.2) is 0 Å². The molecule has 1 aliphatic heterocycles. The van der Waals surface area contributed by atoms with Crippen LogP contribution >= 0.6 is 0 Å². The maximum atomic E-state index is 12.1. The number of esters is 1. The molecule has 1 aliphatic rings. The molecule has 2 aromatic rings. The molecule has 2 aromatic carbocycles. The first-order valence-electron chi connectivity index (χ1n) is 6.95. The zero-order valence-corrected chi connectivity index (χ0v) is 11.9. The van der Waals surface area contributed by atoms with Gasteiger partial charge in [0.2, 0.25) is 0 Å². The van der Waals surface area contributed by atoms with Crippen LogP contribution in [0, 0.1) is 6.92 Å². The maximum Gasteiger partial charge on any atom is 0.336 e. The summed E-state index contributed by atoms with van der Waals surface area (Å²) in [4.78, 5) is 12.1. The lowest BCUT2D eigenvalue weighted by Gasteiger charge is -2.12. The number of ether oxygens (including phenoxy) is 1. The Hall–Kier alpha value is -2.55. The third-order valence-corrected chi connectivity index (χ3v) is 3.80. The van der Waals surface area contributed by atoms with Crippen LogP contribution in [0.25, 0.3) is 5.70 Å². The van der Waals surface area contributed by atoms with Crippen LogP contribution in [0.3, 0.4) is 0 Å². The van der Waals surface area contributed by atoms with Gasteiger partial charge in [0.25, 0.3) is 0 Å². The molecule has 1 heterocycles. The summed E-state index contributed by atoms with van der Waals surface area (Å²) in [5, 5.41) is 0. The highest BCUT2D eigenvalue weighted by molar-refractivity contribution is 6.00. The quantitative estimate of drug-likeness (QED) is 0.679. The Morgan fingerprint density at radius 1 is 1.10 bits per heavy atom. The van der Waals surface area contributed by atoms with Crippen LogP contribution < -0.4 is 5.73 Å². The van der Waals surface area contributed by atoms with Gasteiger partial charge in [-0.15, -0.1) is 0 Å². The van der Waals surface area contributed by atoms with E-state index in [2.05, 4.69) is 0 Å². The van der Waals surface area contributed by atoms with Gasteiger partial charge >= 0.3 is 5.97 Å². The molecule has 0 amide bonds. The Morgan fingerprint density at radius 3 is 2.43 bits per heavy atom. The van der Waals surface area contributed by atoms with Crippen LogP contribution in [-0.4, -0.2) is 12.6 Å². The lowest BCUT2D eigenvalue weighted by atomic mass is 9.90. The fraction of sp³-hybridized carbons (Fsp3) is 0.167. The van der Waals surface area contributed by atoms with Crippen molar-refractivity contribution >= 4 is 11.7 Å². The van der Waals surface area contributed by atoms with E-state index < -0.39 is 0 Å². The zero-order valence-electron chi connectivity index (χ0n) is 11.9. The Kier molecular flexibility index (Phi) is 3.48. The average molecular weight is 279 g/mol. The topological polar surface area (TPSA) is 52.3 Å². The highest BCUT2D eigenvalue weighted by atomic mass is 16.5. The molecule has 0 bridgehead atoms. The predicted molar refractivity (Wildman–Crippen MR) is 82.4 cm³/mol. The minimum absolute atomic E-state index is 0.0972. The Labute approximate surface area is 124 Å². The van der Waals surface area contributed by atoms with E-state index in [9.17, 15) is 4.79 Å². The summed E-state index contributed by atoms with van der Waals surface area (Å²) in [5.41, 5.74) is 10.4. The number of hydrogen-bond acceptors (Lipinski definition) is 3. The van der Waals surface area contributed by atoms with E-state index in [1.165, 1.54) is 0 Å². The lowest BCUT2D eigenvalue weighted by Crippen LogP contribution is -2.10. The fourth-order valence-corrected chi connectivity index (χ4v) is 2.60. The van der Waals surface area contributed by atoms with Crippen molar-refractivity contribution in [1.82, 2.24) is 0 Å². The number of benzene rings is 2. The van der Waals surface area contributed by atoms with Gasteiger partial charge in [-0.1, -0.05) is 60.2 Å². The third-order valence-electron chi connectivity index (χ3n) is 3.80. The maximum absolute atomic E-state index is 12.1. The van der Waals surface area contributed by atoms with Crippen molar-refractivity contribution in [1.29, 1.82) is 0 Å². The molecule has 0 spiro atoms. The van der Waals surface area contributed by atoms with Gasteiger partial charge in [-0.25, -0.2) is 4.79 Å². The summed E-state index contributed by atoms with van der Waals surface area (Å²) < 4.78 is 5.22. The van der Waals surface area contributed by atoms with E-state index in [0.717, 1.165) is 16.7 Å². The molecule has 3 heteroatoms. The minimum Gasteiger partial charge on any atom is -0.461 e. The highest BCUT2D eigenvalue weighted by Crippen LogP contribution is 2.34. The Morgan fingerprint density at radius 2 is 1.76 bits per heavy atom. The van der Waals surface area contributed by atoms with Gasteiger partial charge in [-0.3, -0.25) is 0 Å². The van der Waals surface area contributed by atoms with Crippen LogP contribution in [0.2, 0.25) is 0 Å². The molecule has 2 N–H and O–H groups in total. The van der Waals surface area contributed by atoms with Crippen LogP contribution in [0.1, 0.15) is 22.6 Å². The molecule has 106 valence electrons. The third kappa shape index (κ3) is 2.55. The summed E-state index contributed by atoms with van der Waals surface area (Å²) in [5.74, 6) is -0.415. The van der Waals surface area contributed by atoms with Gasteiger partial charge < -0.3 is 10.5 Å². The number of rotatable bonds is 2. The lowest BCUT2D eigenvalue weighted by molar-refractivity contribution is -0.135. The predicted octanol–water partition coefficient (Wildman–Crippen LogP) is 3.01. The monoisotopic (exact) mass is 279 g/mol. The van der Waals surface area contributed by atoms with Gasteiger partial charge in [0, 0.05) is 0 Å². The van der Waals surface area contributed by atoms with Gasteiger partial charge in [-0.05, 0) is 18.1 Å². The van der Waals surface area contributed by atoms with E-state index in [4.69, 9.17) is 10.5 Å². The minimum atomic E-state index is -0.318. The second-order valence-corrected chi connectivity index (χ2v) is 5.26. The van der Waals surface area contributed by atoms with Crippen molar-refractivity contribution in [2.45, 2.75) is 12.8 Å². The molecule has 0 aliphatic carbocycles. The van der Waals surface area contributed by atoms with Crippen molar-refractivity contribution in [3.05, 3.63) is 76.9 Å². The van der Waals surface area contributed by atoms with Gasteiger partial charge in [0.05, 0.1) is 17.2 Å². The van der Waals surface area contributed by atoms with Crippen LogP contribution in [0.4, 0.5) is 0 Å². The second kappa shape index (κ2) is 5.44. The number of hydrogen-bond donors (Lipinski definition) is 1. The number of carbonyl (C=O) groups excluding carboxylic acids is 1. The number of nitrogens with two attached hydrogens (primary N) is 1. The average Bonchev–Trinajstić information content (AvgIpc) is 2.90. The standard InChI is InChI=1S/C18H17NO2/c1-12-7-9-14(10-8-12)17(19)16-15(11-21-18(16)20)13-5-3-2-4-6-13/h2-10,15H,11,19H2,1H3/b17-16+. The highest BCUT2D eigenvalue weighted by Gasteiger charge is 2.34. The van der Waals surface area contributed by atoms with E-state index in [1.807, 2.05) is 61.5 Å². The first-order chi connectivity index (χ1) is 10.2. The van der Waals surface area contributed by atoms with Crippen molar-refractivity contribution in [3.63, 3.8) is 0 Å². The van der Waals surface area contributed by atoms with Crippen molar-refractivity contribution in [3.8, 4) is 0 Å². The van der Waals surface area contributed by atoms with Crippen molar-refractivity contribution < 1.29 is 9.53 Å². The molecule has 0 aromatic heterocycles. The van der Waals surface area contributed by atoms with E-state index in [-0.39, 0.29) is 11.9 Å². The molecule has 3 rings (SSSR count). The first-order valence-corrected chi connectivity index (χ1v) is 6.95.